The molecular weight excluding hydrogens is 439 g/mol. The van der Waals surface area contributed by atoms with Crippen molar-refractivity contribution in [1.82, 2.24) is 19.6 Å². The predicted molar refractivity (Wildman–Crippen MR) is 124 cm³/mol. The van der Waals surface area contributed by atoms with E-state index in [4.69, 9.17) is 14.8 Å². The number of ether oxygens (including phenoxy) is 1. The summed E-state index contributed by atoms with van der Waals surface area (Å²) in [6, 6.07) is 2.20. The van der Waals surface area contributed by atoms with Crippen LogP contribution in [0.25, 0.3) is 16.2 Å². The van der Waals surface area contributed by atoms with Crippen LogP contribution in [0.1, 0.15) is 49.6 Å². The van der Waals surface area contributed by atoms with Gasteiger partial charge in [0.1, 0.15) is 5.69 Å². The highest BCUT2D eigenvalue weighted by Gasteiger charge is 2.22. The molecule has 1 fully saturated rings. The van der Waals surface area contributed by atoms with E-state index in [-0.39, 0.29) is 0 Å². The second-order valence-corrected chi connectivity index (χ2v) is 8.25. The Morgan fingerprint density at radius 2 is 1.75 bits per heavy atom. The van der Waals surface area contributed by atoms with Crippen LogP contribution in [0.3, 0.4) is 0 Å². The number of anilines is 1. The highest BCUT2D eigenvalue weighted by Crippen LogP contribution is 2.35. The third kappa shape index (κ3) is 5.78. The lowest BCUT2D eigenvalue weighted by Crippen LogP contribution is -2.36. The molecule has 0 amide bonds. The average Bonchev–Trinajstić information content (AvgIpc) is 3.41. The molecular formula is C22H32F3N5OS. The minimum Gasteiger partial charge on any atom is -0.378 e. The lowest BCUT2D eigenvalue weighted by Gasteiger charge is -2.25. The van der Waals surface area contributed by atoms with Gasteiger partial charge in [0.25, 0.3) is 0 Å². The van der Waals surface area contributed by atoms with E-state index in [1.165, 1.54) is 5.56 Å². The first-order valence-electron chi connectivity index (χ1n) is 10.7. The van der Waals surface area contributed by atoms with Crippen molar-refractivity contribution in [1.29, 1.82) is 0 Å². The lowest BCUT2D eigenvalue weighted by molar-refractivity contribution is 0.122. The van der Waals surface area contributed by atoms with Gasteiger partial charge in [0.2, 0.25) is 6.93 Å². The molecule has 0 spiro atoms. The normalized spacial score (nSPS) is 13.6. The van der Waals surface area contributed by atoms with Crippen LogP contribution in [0.5, 0.6) is 0 Å². The van der Waals surface area contributed by atoms with E-state index in [0.717, 1.165) is 71.9 Å². The number of halogens is 3. The molecule has 3 aromatic rings. The monoisotopic (exact) mass is 471 g/mol. The van der Waals surface area contributed by atoms with Crippen LogP contribution in [-0.4, -0.2) is 60.0 Å². The maximum Gasteiger partial charge on any atom is 0.229 e. The Bertz CT molecular complexity index is 968. The predicted octanol–water partition coefficient (Wildman–Crippen LogP) is 5.68. The summed E-state index contributed by atoms with van der Waals surface area (Å²) in [6.07, 6.45) is 4.18. The fraction of sp³-hybridized carbons (Fsp3) is 0.591. The molecule has 0 aromatic carbocycles. The van der Waals surface area contributed by atoms with E-state index in [2.05, 4.69) is 43.6 Å². The second kappa shape index (κ2) is 12.7. The van der Waals surface area contributed by atoms with Crippen molar-refractivity contribution in [3.63, 3.8) is 0 Å². The summed E-state index contributed by atoms with van der Waals surface area (Å²) in [5.74, 6) is 0.509. The maximum atomic E-state index is 9.62. The third-order valence-corrected chi connectivity index (χ3v) is 6.41. The number of rotatable bonds is 5. The highest BCUT2D eigenvalue weighted by molar-refractivity contribution is 7.18. The molecule has 6 nitrogen and oxygen atoms in total. The number of nitrogens with zero attached hydrogens (tertiary/aromatic N) is 5. The number of morpholine rings is 1. The number of thiazole rings is 1. The van der Waals surface area contributed by atoms with Crippen molar-refractivity contribution in [2.24, 2.45) is 0 Å². The molecule has 178 valence electrons. The summed E-state index contributed by atoms with van der Waals surface area (Å²) < 4.78 is 36.2. The summed E-state index contributed by atoms with van der Waals surface area (Å²) in [5, 5.41) is 5.86. The van der Waals surface area contributed by atoms with Gasteiger partial charge in [-0.05, 0) is 38.7 Å². The number of imidazole rings is 1. The molecule has 1 saturated heterocycles. The van der Waals surface area contributed by atoms with Crippen LogP contribution in [0.2, 0.25) is 0 Å². The smallest absolute Gasteiger partial charge is 0.229 e. The second-order valence-electron chi connectivity index (χ2n) is 7.24. The van der Waals surface area contributed by atoms with Crippen molar-refractivity contribution in [3.05, 3.63) is 29.2 Å². The van der Waals surface area contributed by atoms with Gasteiger partial charge >= 0.3 is 0 Å². The quantitative estimate of drug-likeness (QED) is 0.479. The van der Waals surface area contributed by atoms with Crippen LogP contribution < -0.4 is 4.90 Å². The number of fused-ring (bicyclic) bond motifs is 1. The Morgan fingerprint density at radius 1 is 1.12 bits per heavy atom. The van der Waals surface area contributed by atoms with Gasteiger partial charge in [-0.3, -0.25) is 4.39 Å². The van der Waals surface area contributed by atoms with E-state index < -0.39 is 6.93 Å². The van der Waals surface area contributed by atoms with Crippen LogP contribution in [-0.2, 0) is 4.74 Å². The number of hydrogen-bond acceptors (Lipinski definition) is 6. The first-order chi connectivity index (χ1) is 15.5. The number of hydrogen-bond donors (Lipinski definition) is 0. The van der Waals surface area contributed by atoms with Crippen molar-refractivity contribution in [3.8, 4) is 10.6 Å². The molecule has 0 saturated carbocycles. The Kier molecular flexibility index (Phi) is 10.4. The molecule has 1 aliphatic rings. The van der Waals surface area contributed by atoms with Gasteiger partial charge in [-0.25, -0.2) is 23.3 Å². The molecule has 0 atom stereocenters. The Labute approximate surface area is 191 Å². The van der Waals surface area contributed by atoms with Crippen molar-refractivity contribution in [2.45, 2.75) is 46.5 Å². The topological polar surface area (TPSA) is 55.5 Å². The van der Waals surface area contributed by atoms with Crippen LogP contribution in [0.4, 0.5) is 18.3 Å². The average molecular weight is 472 g/mol. The molecule has 1 aliphatic heterocycles. The summed E-state index contributed by atoms with van der Waals surface area (Å²) in [5.41, 5.74) is 5.40. The first kappa shape index (κ1) is 26.1. The fourth-order valence-corrected chi connectivity index (χ4v) is 4.92. The van der Waals surface area contributed by atoms with Crippen LogP contribution >= 0.6 is 11.3 Å². The highest BCUT2D eigenvalue weighted by atomic mass is 32.1. The molecule has 0 N–H and O–H groups in total. The van der Waals surface area contributed by atoms with E-state index >= 15 is 0 Å². The summed E-state index contributed by atoms with van der Waals surface area (Å²) in [6.45, 7) is 10.2. The summed E-state index contributed by atoms with van der Waals surface area (Å²) in [4.78, 5) is 13.0. The summed E-state index contributed by atoms with van der Waals surface area (Å²) in [7, 11) is 0.500. The van der Waals surface area contributed by atoms with Gasteiger partial charge in [-0.1, -0.05) is 25.2 Å². The van der Waals surface area contributed by atoms with Crippen molar-refractivity contribution < 1.29 is 17.9 Å². The van der Waals surface area contributed by atoms with E-state index in [0.29, 0.717) is 13.1 Å². The van der Waals surface area contributed by atoms with E-state index in [9.17, 15) is 13.2 Å². The molecule has 0 aliphatic carbocycles. The SMILES string of the molecule is CCC(CC)c1cc(C)nn2c(-c3cnc(N4CCOCC4)s3)c(C)nc12.CF.FCF. The zero-order chi connectivity index (χ0) is 23.7. The van der Waals surface area contributed by atoms with Crippen LogP contribution in [0, 0.1) is 13.8 Å². The van der Waals surface area contributed by atoms with E-state index in [1.54, 1.807) is 11.3 Å². The molecule has 32 heavy (non-hydrogen) atoms. The van der Waals surface area contributed by atoms with Gasteiger partial charge < -0.3 is 9.64 Å². The fourth-order valence-electron chi connectivity index (χ4n) is 3.87. The standard InChI is InChI=1S/C20H27N5OS.CH2F2.CH3F/c1-5-15(6-2)16-11-13(3)23-25-18(14(4)22-19(16)25)17-12-21-20(27-17)24-7-9-26-10-8-24;2-1-3;1-2/h11-12,15H,5-10H2,1-4H3;1H2;1H3. The van der Waals surface area contributed by atoms with Crippen molar-refractivity contribution in [2.75, 3.05) is 45.3 Å². The number of aryl methyl sites for hydroxylation is 2. The van der Waals surface area contributed by atoms with Crippen molar-refractivity contribution >= 4 is 22.1 Å². The summed E-state index contributed by atoms with van der Waals surface area (Å²) >= 11 is 1.72. The number of aromatic nitrogens is 4. The van der Waals surface area contributed by atoms with Gasteiger partial charge in [0, 0.05) is 24.8 Å². The lowest BCUT2D eigenvalue weighted by atomic mass is 9.95. The molecule has 0 bridgehead atoms. The minimum absolute atomic E-state index is 0.500. The maximum absolute atomic E-state index is 9.62. The largest absolute Gasteiger partial charge is 0.378 e. The van der Waals surface area contributed by atoms with Gasteiger partial charge in [0.05, 0.1) is 36.7 Å². The zero-order valence-electron chi connectivity index (χ0n) is 19.4. The number of alkyl halides is 3. The molecule has 4 heterocycles. The minimum atomic E-state index is -1.75. The zero-order valence-corrected chi connectivity index (χ0v) is 20.2. The van der Waals surface area contributed by atoms with Gasteiger partial charge in [0.15, 0.2) is 10.8 Å². The molecule has 0 radical (unpaired) electrons. The van der Waals surface area contributed by atoms with E-state index in [1.807, 2.05) is 10.7 Å². The van der Waals surface area contributed by atoms with Gasteiger partial charge in [-0.2, -0.15) is 5.10 Å². The molecule has 0 unspecified atom stereocenters. The molecule has 3 aromatic heterocycles. The Hall–Kier alpha value is -2.20. The van der Waals surface area contributed by atoms with Gasteiger partial charge in [-0.15, -0.1) is 0 Å². The molecule has 10 heteroatoms. The molecule has 4 rings (SSSR count). The Balaban J connectivity index is 0.000000671. The Morgan fingerprint density at radius 3 is 2.34 bits per heavy atom. The van der Waals surface area contributed by atoms with Crippen LogP contribution in [0.15, 0.2) is 12.3 Å². The third-order valence-electron chi connectivity index (χ3n) is 5.34. The first-order valence-corrected chi connectivity index (χ1v) is 11.5.